The average Bonchev–Trinajstić information content (AvgIpc) is 2.35. The number of nitrogens with one attached hydrogen (secondary N) is 1. The highest BCUT2D eigenvalue weighted by Gasteiger charge is 2.20. The smallest absolute Gasteiger partial charge is 0.251 e. The van der Waals surface area contributed by atoms with E-state index in [0.717, 1.165) is 18.8 Å². The van der Waals surface area contributed by atoms with Gasteiger partial charge in [-0.25, -0.2) is 0 Å². The van der Waals surface area contributed by atoms with E-state index in [-0.39, 0.29) is 5.91 Å². The summed E-state index contributed by atoms with van der Waals surface area (Å²) in [5, 5.41) is 3.95. The maximum absolute atomic E-state index is 12.0. The summed E-state index contributed by atoms with van der Waals surface area (Å²) in [7, 11) is 0. The van der Waals surface area contributed by atoms with E-state index in [4.69, 9.17) is 23.2 Å². The predicted octanol–water partition coefficient (Wildman–Crippen LogP) is 4.30. The Morgan fingerprint density at radius 3 is 2.44 bits per heavy atom. The van der Waals surface area contributed by atoms with Gasteiger partial charge in [0.1, 0.15) is 0 Å². The molecule has 1 N–H and O–H groups in total. The van der Waals surface area contributed by atoms with E-state index < -0.39 is 0 Å². The Kier molecular flexibility index (Phi) is 4.52. The van der Waals surface area contributed by atoms with Crippen molar-refractivity contribution in [2.45, 2.75) is 38.6 Å². The topological polar surface area (TPSA) is 29.1 Å². The molecule has 1 fully saturated rings. The van der Waals surface area contributed by atoms with Gasteiger partial charge in [-0.3, -0.25) is 4.79 Å². The minimum atomic E-state index is -0.0619. The summed E-state index contributed by atoms with van der Waals surface area (Å²) in [5.74, 6) is 0.719. The highest BCUT2D eigenvalue weighted by Crippen LogP contribution is 2.25. The molecule has 1 aliphatic rings. The van der Waals surface area contributed by atoms with E-state index in [2.05, 4.69) is 12.2 Å². The third-order valence-corrected chi connectivity index (χ3v) is 4.27. The van der Waals surface area contributed by atoms with Crippen molar-refractivity contribution in [3.05, 3.63) is 33.8 Å². The number of rotatable bonds is 2. The van der Waals surface area contributed by atoms with Gasteiger partial charge in [0.15, 0.2) is 0 Å². The maximum Gasteiger partial charge on any atom is 0.251 e. The Bertz CT molecular complexity index is 439. The third-order valence-electron chi connectivity index (χ3n) is 3.53. The summed E-state index contributed by atoms with van der Waals surface area (Å²) >= 11 is 11.7. The Labute approximate surface area is 118 Å². The van der Waals surface area contributed by atoms with E-state index in [0.29, 0.717) is 21.7 Å². The zero-order valence-corrected chi connectivity index (χ0v) is 11.9. The molecule has 0 saturated heterocycles. The molecule has 18 heavy (non-hydrogen) atoms. The molecular weight excluding hydrogens is 269 g/mol. The molecule has 0 radical (unpaired) electrons. The van der Waals surface area contributed by atoms with Crippen LogP contribution in [0.25, 0.3) is 0 Å². The van der Waals surface area contributed by atoms with E-state index in [1.54, 1.807) is 18.2 Å². The normalized spacial score (nSPS) is 23.7. The van der Waals surface area contributed by atoms with Crippen molar-refractivity contribution in [2.24, 2.45) is 5.92 Å². The van der Waals surface area contributed by atoms with Gasteiger partial charge in [-0.15, -0.1) is 0 Å². The van der Waals surface area contributed by atoms with Gasteiger partial charge in [-0.05, 0) is 49.8 Å². The monoisotopic (exact) mass is 285 g/mol. The first-order chi connectivity index (χ1) is 8.56. The molecule has 1 aromatic carbocycles. The molecule has 0 aromatic heterocycles. The first kappa shape index (κ1) is 13.7. The van der Waals surface area contributed by atoms with Gasteiger partial charge in [0.25, 0.3) is 5.91 Å². The first-order valence-electron chi connectivity index (χ1n) is 6.32. The van der Waals surface area contributed by atoms with Gasteiger partial charge in [0.2, 0.25) is 0 Å². The fraction of sp³-hybridized carbons (Fsp3) is 0.500. The predicted molar refractivity (Wildman–Crippen MR) is 75.3 cm³/mol. The Hall–Kier alpha value is -0.730. The first-order valence-corrected chi connectivity index (χ1v) is 7.08. The highest BCUT2D eigenvalue weighted by molar-refractivity contribution is 6.42. The van der Waals surface area contributed by atoms with Crippen LogP contribution in [-0.2, 0) is 0 Å². The van der Waals surface area contributed by atoms with Crippen LogP contribution in [0.4, 0.5) is 0 Å². The van der Waals surface area contributed by atoms with Crippen molar-refractivity contribution in [1.29, 1.82) is 0 Å². The van der Waals surface area contributed by atoms with Crippen LogP contribution in [0.1, 0.15) is 43.0 Å². The van der Waals surface area contributed by atoms with Crippen LogP contribution in [-0.4, -0.2) is 11.9 Å². The molecule has 0 heterocycles. The molecule has 1 aliphatic carbocycles. The summed E-state index contributed by atoms with van der Waals surface area (Å²) in [6, 6.07) is 5.27. The van der Waals surface area contributed by atoms with Crippen LogP contribution in [0.5, 0.6) is 0 Å². The van der Waals surface area contributed by atoms with Crippen molar-refractivity contribution in [3.63, 3.8) is 0 Å². The van der Waals surface area contributed by atoms with Gasteiger partial charge in [0.05, 0.1) is 10.0 Å². The molecule has 1 amide bonds. The lowest BCUT2D eigenvalue weighted by Gasteiger charge is -2.26. The average molecular weight is 286 g/mol. The van der Waals surface area contributed by atoms with Crippen molar-refractivity contribution in [3.8, 4) is 0 Å². The molecule has 0 spiro atoms. The Morgan fingerprint density at radius 2 is 1.83 bits per heavy atom. The van der Waals surface area contributed by atoms with Crippen LogP contribution >= 0.6 is 23.2 Å². The lowest BCUT2D eigenvalue weighted by Crippen LogP contribution is -2.37. The second-order valence-electron chi connectivity index (χ2n) is 5.06. The minimum absolute atomic E-state index is 0.0619. The fourth-order valence-corrected chi connectivity index (χ4v) is 2.61. The number of carbonyl (C=O) groups is 1. The summed E-state index contributed by atoms with van der Waals surface area (Å²) in [4.78, 5) is 12.0. The van der Waals surface area contributed by atoms with Crippen molar-refractivity contribution >= 4 is 29.1 Å². The van der Waals surface area contributed by atoms with Crippen LogP contribution in [0.15, 0.2) is 18.2 Å². The summed E-state index contributed by atoms with van der Waals surface area (Å²) < 4.78 is 0. The second kappa shape index (κ2) is 5.94. The van der Waals surface area contributed by atoms with Crippen molar-refractivity contribution in [1.82, 2.24) is 5.32 Å². The largest absolute Gasteiger partial charge is 0.349 e. The number of carbonyl (C=O) groups excluding carboxylic acids is 1. The lowest BCUT2D eigenvalue weighted by molar-refractivity contribution is 0.0923. The van der Waals surface area contributed by atoms with E-state index in [9.17, 15) is 4.79 Å². The molecule has 0 bridgehead atoms. The zero-order chi connectivity index (χ0) is 13.1. The fourth-order valence-electron chi connectivity index (χ4n) is 2.31. The van der Waals surface area contributed by atoms with Gasteiger partial charge < -0.3 is 5.32 Å². The van der Waals surface area contributed by atoms with Gasteiger partial charge in [-0.2, -0.15) is 0 Å². The summed E-state index contributed by atoms with van der Waals surface area (Å²) in [5.41, 5.74) is 0.572. The van der Waals surface area contributed by atoms with E-state index >= 15 is 0 Å². The summed E-state index contributed by atoms with van der Waals surface area (Å²) in [6.07, 6.45) is 4.50. The van der Waals surface area contributed by atoms with E-state index in [1.165, 1.54) is 12.8 Å². The molecule has 98 valence electrons. The molecule has 0 atom stereocenters. The Balaban J connectivity index is 1.97. The molecule has 0 unspecified atom stereocenters. The summed E-state index contributed by atoms with van der Waals surface area (Å²) in [6.45, 7) is 2.26. The van der Waals surface area contributed by atoms with Crippen LogP contribution in [0, 0.1) is 5.92 Å². The van der Waals surface area contributed by atoms with E-state index in [1.807, 2.05) is 0 Å². The molecule has 1 saturated carbocycles. The molecular formula is C14H17Cl2NO. The Morgan fingerprint density at radius 1 is 1.17 bits per heavy atom. The third kappa shape index (κ3) is 3.39. The quantitative estimate of drug-likeness (QED) is 0.862. The molecule has 2 rings (SSSR count). The van der Waals surface area contributed by atoms with Crippen LogP contribution in [0.2, 0.25) is 10.0 Å². The molecule has 0 aliphatic heterocycles. The van der Waals surface area contributed by atoms with Gasteiger partial charge >= 0.3 is 0 Å². The lowest BCUT2D eigenvalue weighted by atomic mass is 9.87. The minimum Gasteiger partial charge on any atom is -0.349 e. The zero-order valence-electron chi connectivity index (χ0n) is 10.4. The molecule has 4 heteroatoms. The molecule has 2 nitrogen and oxygen atoms in total. The number of hydrogen-bond acceptors (Lipinski definition) is 1. The van der Waals surface area contributed by atoms with Gasteiger partial charge in [0, 0.05) is 11.6 Å². The number of amides is 1. The standard InChI is InChI=1S/C14H17Cl2NO/c1-9-2-5-11(6-3-9)17-14(18)10-4-7-12(15)13(16)8-10/h4,7-9,11H,2-3,5-6H2,1H3,(H,17,18). The van der Waals surface area contributed by atoms with Crippen molar-refractivity contribution in [2.75, 3.05) is 0 Å². The number of benzene rings is 1. The SMILES string of the molecule is CC1CCC(NC(=O)c2ccc(Cl)c(Cl)c2)CC1. The number of hydrogen-bond donors (Lipinski definition) is 1. The van der Waals surface area contributed by atoms with Gasteiger partial charge in [-0.1, -0.05) is 30.1 Å². The van der Waals surface area contributed by atoms with Crippen LogP contribution in [0.3, 0.4) is 0 Å². The van der Waals surface area contributed by atoms with Crippen molar-refractivity contribution < 1.29 is 4.79 Å². The highest BCUT2D eigenvalue weighted by atomic mass is 35.5. The second-order valence-corrected chi connectivity index (χ2v) is 5.87. The molecule has 1 aromatic rings. The maximum atomic E-state index is 12.0. The number of halogens is 2. The van der Waals surface area contributed by atoms with Crippen LogP contribution < -0.4 is 5.32 Å².